The van der Waals surface area contributed by atoms with Crippen molar-refractivity contribution in [2.75, 3.05) is 36.4 Å². The molecule has 3 aromatic rings. The Morgan fingerprint density at radius 2 is 1.76 bits per heavy atom. The van der Waals surface area contributed by atoms with Crippen LogP contribution < -0.4 is 10.2 Å². The van der Waals surface area contributed by atoms with Crippen molar-refractivity contribution in [2.24, 2.45) is 0 Å². The third-order valence-corrected chi connectivity index (χ3v) is 6.53. The molecule has 1 saturated heterocycles. The highest BCUT2D eigenvalue weighted by atomic mass is 35.5. The second kappa shape index (κ2) is 8.96. The van der Waals surface area contributed by atoms with Gasteiger partial charge in [-0.15, -0.1) is 0 Å². The normalized spacial score (nSPS) is 16.8. The van der Waals surface area contributed by atoms with Crippen LogP contribution in [0.4, 0.5) is 17.1 Å². The first-order valence-corrected chi connectivity index (χ1v) is 11.4. The summed E-state index contributed by atoms with van der Waals surface area (Å²) in [5.74, 6) is -0.308. The molecule has 0 bridgehead atoms. The van der Waals surface area contributed by atoms with Crippen LogP contribution >= 0.6 is 11.6 Å². The standard InChI is InChI=1S/C25H23ClN4O4/c1-16(28-10-12-29(13-11-28)25(33)22-7-4-14-34-22)24(32)30-20-6-3-2-5-18(20)23(31)27-19-15-17(26)8-9-21(19)30/h2-9,14-16H,10-13H2,1H3,(H,27,31). The number of fused-ring (bicyclic) bond motifs is 2. The Balaban J connectivity index is 1.40. The van der Waals surface area contributed by atoms with Crippen LogP contribution in [0, 0.1) is 0 Å². The van der Waals surface area contributed by atoms with Crippen LogP contribution in [-0.2, 0) is 4.79 Å². The molecular formula is C25H23ClN4O4. The lowest BCUT2D eigenvalue weighted by Crippen LogP contribution is -2.55. The molecule has 2 aromatic carbocycles. The van der Waals surface area contributed by atoms with Gasteiger partial charge in [-0.1, -0.05) is 23.7 Å². The van der Waals surface area contributed by atoms with E-state index in [0.29, 0.717) is 59.6 Å². The van der Waals surface area contributed by atoms with Crippen molar-refractivity contribution < 1.29 is 18.8 Å². The van der Waals surface area contributed by atoms with Crippen LogP contribution in [0.25, 0.3) is 0 Å². The SMILES string of the molecule is CC(C(=O)N1c2ccc(Cl)cc2NC(=O)c2ccccc21)N1CCN(C(=O)c2ccco2)CC1. The lowest BCUT2D eigenvalue weighted by atomic mass is 10.1. The van der Waals surface area contributed by atoms with Crippen LogP contribution in [0.3, 0.4) is 0 Å². The molecule has 1 unspecified atom stereocenters. The van der Waals surface area contributed by atoms with Gasteiger partial charge in [0.15, 0.2) is 5.76 Å². The summed E-state index contributed by atoms with van der Waals surface area (Å²) in [4.78, 5) is 44.7. The van der Waals surface area contributed by atoms with Crippen LogP contribution in [0.15, 0.2) is 65.3 Å². The first-order valence-electron chi connectivity index (χ1n) is 11.0. The predicted octanol–water partition coefficient (Wildman–Crippen LogP) is 4.01. The van der Waals surface area contributed by atoms with E-state index >= 15 is 0 Å². The summed E-state index contributed by atoms with van der Waals surface area (Å²) < 4.78 is 5.23. The molecular weight excluding hydrogens is 456 g/mol. The van der Waals surface area contributed by atoms with Gasteiger partial charge in [0.25, 0.3) is 11.8 Å². The maximum atomic E-state index is 13.9. The largest absolute Gasteiger partial charge is 0.459 e. The first-order chi connectivity index (χ1) is 16.4. The smallest absolute Gasteiger partial charge is 0.289 e. The number of hydrogen-bond acceptors (Lipinski definition) is 5. The number of para-hydroxylation sites is 1. The molecule has 3 heterocycles. The van der Waals surface area contributed by atoms with E-state index in [1.807, 2.05) is 11.8 Å². The van der Waals surface area contributed by atoms with E-state index in [2.05, 4.69) is 5.32 Å². The van der Waals surface area contributed by atoms with Gasteiger partial charge in [0.1, 0.15) is 0 Å². The van der Waals surface area contributed by atoms with Crippen LogP contribution in [-0.4, -0.2) is 59.7 Å². The number of hydrogen-bond donors (Lipinski definition) is 1. The molecule has 0 saturated carbocycles. The van der Waals surface area contributed by atoms with Crippen molar-refractivity contribution >= 4 is 46.4 Å². The third-order valence-electron chi connectivity index (χ3n) is 6.30. The maximum Gasteiger partial charge on any atom is 0.289 e. The number of carbonyl (C=O) groups excluding carboxylic acids is 3. The fourth-order valence-corrected chi connectivity index (χ4v) is 4.60. The van der Waals surface area contributed by atoms with Crippen molar-refractivity contribution in [3.63, 3.8) is 0 Å². The zero-order valence-corrected chi connectivity index (χ0v) is 19.3. The molecule has 8 nitrogen and oxygen atoms in total. The molecule has 1 N–H and O–H groups in total. The number of furan rings is 1. The van der Waals surface area contributed by atoms with E-state index in [1.165, 1.54) is 6.26 Å². The second-order valence-electron chi connectivity index (χ2n) is 8.29. The predicted molar refractivity (Wildman–Crippen MR) is 129 cm³/mol. The number of piperazine rings is 1. The zero-order chi connectivity index (χ0) is 23.8. The summed E-state index contributed by atoms with van der Waals surface area (Å²) in [5, 5.41) is 3.33. The quantitative estimate of drug-likeness (QED) is 0.614. The molecule has 1 aromatic heterocycles. The zero-order valence-electron chi connectivity index (χ0n) is 18.5. The van der Waals surface area contributed by atoms with E-state index < -0.39 is 6.04 Å². The van der Waals surface area contributed by atoms with E-state index in [4.69, 9.17) is 16.0 Å². The van der Waals surface area contributed by atoms with Gasteiger partial charge in [0.2, 0.25) is 5.91 Å². The molecule has 3 amide bonds. The minimum absolute atomic E-state index is 0.152. The molecule has 5 rings (SSSR count). The van der Waals surface area contributed by atoms with Gasteiger partial charge in [-0.3, -0.25) is 24.2 Å². The fraction of sp³-hybridized carbons (Fsp3) is 0.240. The molecule has 2 aliphatic rings. The van der Waals surface area contributed by atoms with Gasteiger partial charge in [0, 0.05) is 31.2 Å². The molecule has 1 fully saturated rings. The number of rotatable bonds is 3. The van der Waals surface area contributed by atoms with E-state index in [1.54, 1.807) is 64.4 Å². The van der Waals surface area contributed by atoms with Crippen LogP contribution in [0.5, 0.6) is 0 Å². The molecule has 34 heavy (non-hydrogen) atoms. The van der Waals surface area contributed by atoms with Gasteiger partial charge in [0.05, 0.1) is 34.9 Å². The van der Waals surface area contributed by atoms with Gasteiger partial charge in [-0.2, -0.15) is 0 Å². The highest BCUT2D eigenvalue weighted by Gasteiger charge is 2.35. The average Bonchev–Trinajstić information content (AvgIpc) is 3.36. The topological polar surface area (TPSA) is 86.1 Å². The summed E-state index contributed by atoms with van der Waals surface area (Å²) in [6.07, 6.45) is 1.48. The van der Waals surface area contributed by atoms with E-state index in [0.717, 1.165) is 0 Å². The molecule has 0 radical (unpaired) electrons. The Labute approximate surface area is 201 Å². The average molecular weight is 479 g/mol. The first kappa shape index (κ1) is 22.2. The summed E-state index contributed by atoms with van der Waals surface area (Å²) in [5.41, 5.74) is 1.96. The van der Waals surface area contributed by atoms with E-state index in [9.17, 15) is 14.4 Å². The summed E-state index contributed by atoms with van der Waals surface area (Å²) in [7, 11) is 0. The second-order valence-corrected chi connectivity index (χ2v) is 8.72. The van der Waals surface area contributed by atoms with Gasteiger partial charge < -0.3 is 14.6 Å². The number of amides is 3. The van der Waals surface area contributed by atoms with Crippen molar-refractivity contribution in [2.45, 2.75) is 13.0 Å². The van der Waals surface area contributed by atoms with Crippen LogP contribution in [0.1, 0.15) is 27.8 Å². The number of nitrogens with zero attached hydrogens (tertiary/aromatic N) is 3. The minimum atomic E-state index is -0.481. The Hall–Kier alpha value is -3.62. The number of benzene rings is 2. The maximum absolute atomic E-state index is 13.9. The molecule has 0 spiro atoms. The highest BCUT2D eigenvalue weighted by molar-refractivity contribution is 6.31. The summed E-state index contributed by atoms with van der Waals surface area (Å²) in [6, 6.07) is 15.0. The molecule has 174 valence electrons. The number of halogens is 1. The number of nitrogens with one attached hydrogen (secondary N) is 1. The van der Waals surface area contributed by atoms with Crippen LogP contribution in [0.2, 0.25) is 5.02 Å². The molecule has 1 atom stereocenters. The minimum Gasteiger partial charge on any atom is -0.459 e. The number of anilines is 3. The molecule has 9 heteroatoms. The highest BCUT2D eigenvalue weighted by Crippen LogP contribution is 2.39. The Morgan fingerprint density at radius 1 is 1.00 bits per heavy atom. The fourth-order valence-electron chi connectivity index (χ4n) is 4.43. The lowest BCUT2D eigenvalue weighted by Gasteiger charge is -2.38. The van der Waals surface area contributed by atoms with Crippen molar-refractivity contribution in [3.05, 3.63) is 77.2 Å². The monoisotopic (exact) mass is 478 g/mol. The van der Waals surface area contributed by atoms with Gasteiger partial charge in [-0.05, 0) is 49.4 Å². The van der Waals surface area contributed by atoms with Crippen molar-refractivity contribution in [1.82, 2.24) is 9.80 Å². The Bertz CT molecular complexity index is 1250. The van der Waals surface area contributed by atoms with Gasteiger partial charge in [-0.25, -0.2) is 0 Å². The summed E-state index contributed by atoms with van der Waals surface area (Å²) in [6.45, 7) is 3.91. The molecule has 2 aliphatic heterocycles. The lowest BCUT2D eigenvalue weighted by molar-refractivity contribution is -0.123. The van der Waals surface area contributed by atoms with Crippen molar-refractivity contribution in [1.29, 1.82) is 0 Å². The molecule has 0 aliphatic carbocycles. The Morgan fingerprint density at radius 3 is 2.50 bits per heavy atom. The van der Waals surface area contributed by atoms with E-state index in [-0.39, 0.29) is 17.7 Å². The third kappa shape index (κ3) is 3.95. The Kier molecular flexibility index (Phi) is 5.85. The number of carbonyl (C=O) groups is 3. The van der Waals surface area contributed by atoms with Gasteiger partial charge >= 0.3 is 0 Å². The van der Waals surface area contributed by atoms with Crippen molar-refractivity contribution in [3.8, 4) is 0 Å². The summed E-state index contributed by atoms with van der Waals surface area (Å²) >= 11 is 6.17.